The summed E-state index contributed by atoms with van der Waals surface area (Å²) >= 11 is 7.98. The predicted octanol–water partition coefficient (Wildman–Crippen LogP) is 8.51. The minimum atomic E-state index is -0.733. The van der Waals surface area contributed by atoms with Gasteiger partial charge < -0.3 is 9.84 Å². The van der Waals surface area contributed by atoms with Crippen LogP contribution in [0.4, 0.5) is 0 Å². The molecule has 41 heavy (non-hydrogen) atoms. The summed E-state index contributed by atoms with van der Waals surface area (Å²) in [7, 11) is 1.40. The van der Waals surface area contributed by atoms with E-state index in [0.29, 0.717) is 17.0 Å². The first kappa shape index (κ1) is 28.9. The van der Waals surface area contributed by atoms with Gasteiger partial charge in [0.1, 0.15) is 0 Å². The van der Waals surface area contributed by atoms with Gasteiger partial charge in [0.25, 0.3) is 0 Å². The molecular weight excluding hydrogens is 554 g/mol. The summed E-state index contributed by atoms with van der Waals surface area (Å²) in [4.78, 5) is 28.5. The molecule has 0 spiro atoms. The number of nitrogens with zero attached hydrogens (tertiary/aromatic N) is 1. The largest absolute Gasteiger partial charge is 0.481 e. The highest BCUT2D eigenvalue weighted by molar-refractivity contribution is 7.99. The Morgan fingerprint density at radius 2 is 1.85 bits per heavy atom. The summed E-state index contributed by atoms with van der Waals surface area (Å²) in [5.41, 5.74) is 5.37. The molecule has 7 heteroatoms. The van der Waals surface area contributed by atoms with Crippen molar-refractivity contribution in [1.82, 2.24) is 4.98 Å². The zero-order valence-corrected chi connectivity index (χ0v) is 24.5. The molecule has 1 heterocycles. The van der Waals surface area contributed by atoms with Crippen molar-refractivity contribution in [3.63, 3.8) is 0 Å². The second-order valence-electron chi connectivity index (χ2n) is 10.6. The highest BCUT2D eigenvalue weighted by Crippen LogP contribution is 2.53. The van der Waals surface area contributed by atoms with Gasteiger partial charge in [0.2, 0.25) is 0 Å². The third-order valence-electron chi connectivity index (χ3n) is 7.58. The van der Waals surface area contributed by atoms with E-state index in [1.165, 1.54) is 12.7 Å². The number of carbonyl (C=O) groups excluding carboxylic acids is 1. The molecule has 0 radical (unpaired) electrons. The number of thioether (sulfide) groups is 1. The summed E-state index contributed by atoms with van der Waals surface area (Å²) in [6.07, 6.45) is 7.70. The van der Waals surface area contributed by atoms with Gasteiger partial charge in [-0.25, -0.2) is 9.78 Å². The molecule has 4 aromatic rings. The molecule has 1 fully saturated rings. The molecule has 0 aliphatic heterocycles. The van der Waals surface area contributed by atoms with E-state index in [-0.39, 0.29) is 23.1 Å². The number of carbonyl (C=O) groups is 2. The van der Waals surface area contributed by atoms with E-state index in [2.05, 4.69) is 30.3 Å². The number of aliphatic carboxylic acids is 1. The molecule has 1 aromatic heterocycles. The van der Waals surface area contributed by atoms with Gasteiger partial charge in [0.05, 0.1) is 30.3 Å². The monoisotopic (exact) mass is 585 g/mol. The van der Waals surface area contributed by atoms with E-state index in [1.54, 1.807) is 6.07 Å². The lowest BCUT2D eigenvalue weighted by Gasteiger charge is -2.21. The zero-order valence-electron chi connectivity index (χ0n) is 22.9. The standard InChI is InChI=1S/C34H32ClNO4S/c1-40-33(39)29-8-3-2-6-24(29)12-16-31(41-22-34(17-18-34)21-32(37)38)26-7-4-5-23(19-26)9-14-28-15-11-25-10-13-27(35)20-30(25)36-28/h2-11,13-15,19-20,31H,12,16-18,21-22H2,1H3,(H,37,38). The van der Waals surface area contributed by atoms with Crippen molar-refractivity contribution in [2.75, 3.05) is 12.9 Å². The van der Waals surface area contributed by atoms with Crippen molar-refractivity contribution in [3.8, 4) is 0 Å². The molecule has 1 aliphatic carbocycles. The van der Waals surface area contributed by atoms with E-state index in [0.717, 1.165) is 52.7 Å². The molecule has 0 bridgehead atoms. The van der Waals surface area contributed by atoms with Crippen molar-refractivity contribution in [2.45, 2.75) is 37.4 Å². The molecule has 1 saturated carbocycles. The Kier molecular flexibility index (Phi) is 9.11. The van der Waals surface area contributed by atoms with E-state index in [9.17, 15) is 14.7 Å². The number of ether oxygens (including phenoxy) is 1. The number of esters is 1. The van der Waals surface area contributed by atoms with Crippen LogP contribution in [0.1, 0.15) is 63.7 Å². The smallest absolute Gasteiger partial charge is 0.338 e. The first-order chi connectivity index (χ1) is 19.8. The molecule has 5 rings (SSSR count). The maximum atomic E-state index is 12.3. The number of rotatable bonds is 12. The Balaban J connectivity index is 1.37. The number of aryl methyl sites for hydroxylation is 1. The second-order valence-corrected chi connectivity index (χ2v) is 12.3. The fourth-order valence-electron chi connectivity index (χ4n) is 5.07. The summed E-state index contributed by atoms with van der Waals surface area (Å²) in [6, 6.07) is 25.7. The quantitative estimate of drug-likeness (QED) is 0.168. The van der Waals surface area contributed by atoms with Gasteiger partial charge >= 0.3 is 11.9 Å². The van der Waals surface area contributed by atoms with Gasteiger partial charge in [-0.1, -0.05) is 72.3 Å². The fourth-order valence-corrected chi connectivity index (χ4v) is 6.81. The van der Waals surface area contributed by atoms with Gasteiger partial charge in [0.15, 0.2) is 0 Å². The van der Waals surface area contributed by atoms with Crippen LogP contribution in [0.3, 0.4) is 0 Å². The second kappa shape index (κ2) is 12.9. The van der Waals surface area contributed by atoms with Crippen molar-refractivity contribution < 1.29 is 19.4 Å². The zero-order chi connectivity index (χ0) is 28.8. The van der Waals surface area contributed by atoms with Crippen LogP contribution in [0.2, 0.25) is 5.02 Å². The Morgan fingerprint density at radius 3 is 2.63 bits per heavy atom. The maximum absolute atomic E-state index is 12.3. The molecular formula is C34H32ClNO4S. The minimum absolute atomic E-state index is 0.110. The predicted molar refractivity (Wildman–Crippen MR) is 167 cm³/mol. The number of hydrogen-bond acceptors (Lipinski definition) is 5. The first-order valence-corrected chi connectivity index (χ1v) is 15.1. The lowest BCUT2D eigenvalue weighted by atomic mass is 9.98. The third-order valence-corrected chi connectivity index (χ3v) is 9.50. The van der Waals surface area contributed by atoms with Crippen LogP contribution in [-0.4, -0.2) is 34.9 Å². The minimum Gasteiger partial charge on any atom is -0.481 e. The lowest BCUT2D eigenvalue weighted by molar-refractivity contribution is -0.138. The number of hydrogen-bond donors (Lipinski definition) is 1. The Labute approximate surface area is 249 Å². The van der Waals surface area contributed by atoms with Gasteiger partial charge in [-0.2, -0.15) is 11.8 Å². The number of halogens is 1. The van der Waals surface area contributed by atoms with E-state index in [4.69, 9.17) is 21.3 Å². The van der Waals surface area contributed by atoms with Crippen molar-refractivity contribution in [1.29, 1.82) is 0 Å². The SMILES string of the molecule is COC(=O)c1ccccc1CCC(SCC1(CC(=O)O)CC1)c1cccc(C=Cc2ccc3ccc(Cl)cc3n2)c1. The average molecular weight is 586 g/mol. The molecule has 1 unspecified atom stereocenters. The Hall–Kier alpha value is -3.61. The van der Waals surface area contributed by atoms with Gasteiger partial charge in [0, 0.05) is 21.4 Å². The number of carboxylic acid groups (broad SMARTS) is 1. The van der Waals surface area contributed by atoms with Gasteiger partial charge in [-0.3, -0.25) is 4.79 Å². The van der Waals surface area contributed by atoms with Crippen molar-refractivity contribution in [2.24, 2.45) is 5.41 Å². The van der Waals surface area contributed by atoms with Gasteiger partial charge in [-0.05, 0) is 78.1 Å². The van der Waals surface area contributed by atoms with Crippen molar-refractivity contribution in [3.05, 3.63) is 112 Å². The molecule has 1 N–H and O–H groups in total. The van der Waals surface area contributed by atoms with Crippen molar-refractivity contribution >= 4 is 58.4 Å². The summed E-state index contributed by atoms with van der Waals surface area (Å²) in [5.74, 6) is -0.269. The highest BCUT2D eigenvalue weighted by Gasteiger charge is 2.44. The topological polar surface area (TPSA) is 76.5 Å². The molecule has 0 saturated heterocycles. The molecule has 3 aromatic carbocycles. The van der Waals surface area contributed by atoms with E-state index in [1.807, 2.05) is 66.4 Å². The average Bonchev–Trinajstić information content (AvgIpc) is 3.74. The molecule has 0 amide bonds. The third kappa shape index (κ3) is 7.57. The lowest BCUT2D eigenvalue weighted by Crippen LogP contribution is -2.13. The number of fused-ring (bicyclic) bond motifs is 1. The summed E-state index contributed by atoms with van der Waals surface area (Å²) in [5, 5.41) is 11.3. The summed E-state index contributed by atoms with van der Waals surface area (Å²) < 4.78 is 5.00. The fraction of sp³-hybridized carbons (Fsp3) is 0.265. The molecule has 5 nitrogen and oxygen atoms in total. The van der Waals surface area contributed by atoms with Crippen LogP contribution < -0.4 is 0 Å². The number of benzene rings is 3. The van der Waals surface area contributed by atoms with E-state index >= 15 is 0 Å². The molecule has 1 aliphatic rings. The number of carboxylic acids is 1. The maximum Gasteiger partial charge on any atom is 0.338 e. The molecule has 1 atom stereocenters. The van der Waals surface area contributed by atoms with Crippen LogP contribution in [0.5, 0.6) is 0 Å². The normalized spacial score (nSPS) is 14.7. The van der Waals surface area contributed by atoms with Crippen LogP contribution in [0, 0.1) is 5.41 Å². The molecule has 210 valence electrons. The summed E-state index contributed by atoms with van der Waals surface area (Å²) in [6.45, 7) is 0. The van der Waals surface area contributed by atoms with E-state index < -0.39 is 5.97 Å². The van der Waals surface area contributed by atoms with Crippen LogP contribution in [-0.2, 0) is 16.0 Å². The number of aromatic nitrogens is 1. The first-order valence-electron chi connectivity index (χ1n) is 13.7. The highest BCUT2D eigenvalue weighted by atomic mass is 35.5. The number of methoxy groups -OCH3 is 1. The van der Waals surface area contributed by atoms with Crippen LogP contribution in [0.15, 0.2) is 78.9 Å². The Bertz CT molecular complexity index is 1600. The van der Waals surface area contributed by atoms with Crippen LogP contribution in [0.25, 0.3) is 23.1 Å². The Morgan fingerprint density at radius 1 is 1.05 bits per heavy atom. The number of pyridine rings is 1. The van der Waals surface area contributed by atoms with Crippen LogP contribution >= 0.6 is 23.4 Å². The van der Waals surface area contributed by atoms with Gasteiger partial charge in [-0.15, -0.1) is 0 Å².